The molecule has 0 amide bonds. The molecule has 2 atom stereocenters. The van der Waals surface area contributed by atoms with Gasteiger partial charge in [0.25, 0.3) is 0 Å². The number of aromatic nitrogens is 4. The first-order chi connectivity index (χ1) is 26.3. The third-order valence-electron chi connectivity index (χ3n) is 10.9. The highest BCUT2D eigenvalue weighted by molar-refractivity contribution is 6.25. The standard InChI is InChI=1S/C48H33N5/c1-4-14-32(15-5-1)33-24-26-37(27-25-33)52-41-23-13-11-21-39(41)43-45-42(38-20-10-12-22-40(38)51(45)35-16-6-2-7-17-35)44-47(46(43)52)53(36-18-8-3-9-19-36)48(50-44)34-28-30-49-31-29-34/h1-31,39,41H. The van der Waals surface area contributed by atoms with Gasteiger partial charge in [-0.05, 0) is 65.7 Å². The molecule has 11 rings (SSSR count). The van der Waals surface area contributed by atoms with Gasteiger partial charge in [0.05, 0.1) is 28.3 Å². The number of fused-ring (bicyclic) bond motifs is 10. The Kier molecular flexibility index (Phi) is 6.61. The van der Waals surface area contributed by atoms with Crippen molar-refractivity contribution >= 4 is 44.2 Å². The molecule has 6 aromatic carbocycles. The van der Waals surface area contributed by atoms with Crippen LogP contribution in [-0.4, -0.2) is 25.1 Å². The van der Waals surface area contributed by atoms with Crippen molar-refractivity contribution < 1.29 is 0 Å². The zero-order valence-electron chi connectivity index (χ0n) is 28.8. The van der Waals surface area contributed by atoms with Crippen molar-refractivity contribution in [1.29, 1.82) is 0 Å². The Labute approximate surface area is 307 Å². The van der Waals surface area contributed by atoms with Crippen LogP contribution in [0.25, 0.3) is 66.7 Å². The van der Waals surface area contributed by atoms with E-state index in [1.807, 2.05) is 12.4 Å². The van der Waals surface area contributed by atoms with Gasteiger partial charge in [0.1, 0.15) is 11.3 Å². The summed E-state index contributed by atoms with van der Waals surface area (Å²) in [6.45, 7) is 0. The van der Waals surface area contributed by atoms with Crippen LogP contribution in [-0.2, 0) is 0 Å². The number of anilines is 2. The van der Waals surface area contributed by atoms with E-state index < -0.39 is 0 Å². The number of hydrogen-bond donors (Lipinski definition) is 0. The molecule has 9 aromatic rings. The fourth-order valence-corrected chi connectivity index (χ4v) is 8.72. The van der Waals surface area contributed by atoms with E-state index in [0.717, 1.165) is 39.5 Å². The molecule has 53 heavy (non-hydrogen) atoms. The van der Waals surface area contributed by atoms with Crippen molar-refractivity contribution in [1.82, 2.24) is 19.1 Å². The third-order valence-corrected chi connectivity index (χ3v) is 10.9. The summed E-state index contributed by atoms with van der Waals surface area (Å²) in [6.07, 6.45) is 12.9. The van der Waals surface area contributed by atoms with Crippen LogP contribution in [0.5, 0.6) is 0 Å². The van der Waals surface area contributed by atoms with Gasteiger partial charge in [0.15, 0.2) is 0 Å². The number of allylic oxidation sites excluding steroid dienone is 2. The quantitative estimate of drug-likeness (QED) is 0.182. The van der Waals surface area contributed by atoms with Crippen LogP contribution >= 0.6 is 0 Å². The Balaban J connectivity index is 1.34. The van der Waals surface area contributed by atoms with E-state index in [-0.39, 0.29) is 12.0 Å². The molecule has 0 radical (unpaired) electrons. The van der Waals surface area contributed by atoms with E-state index in [1.165, 1.54) is 44.2 Å². The second kappa shape index (κ2) is 11.8. The van der Waals surface area contributed by atoms with E-state index >= 15 is 0 Å². The Morgan fingerprint density at radius 1 is 0.491 bits per heavy atom. The monoisotopic (exact) mass is 679 g/mol. The van der Waals surface area contributed by atoms with E-state index in [1.54, 1.807) is 0 Å². The van der Waals surface area contributed by atoms with Gasteiger partial charge in [-0.15, -0.1) is 0 Å². The molecule has 5 heteroatoms. The topological polar surface area (TPSA) is 38.9 Å². The predicted molar refractivity (Wildman–Crippen MR) is 217 cm³/mol. The molecule has 5 nitrogen and oxygen atoms in total. The Hall–Kier alpha value is -6.98. The van der Waals surface area contributed by atoms with Crippen LogP contribution in [0.1, 0.15) is 11.5 Å². The van der Waals surface area contributed by atoms with Crippen LogP contribution in [0.2, 0.25) is 0 Å². The van der Waals surface area contributed by atoms with Crippen LogP contribution in [0.4, 0.5) is 11.4 Å². The lowest BCUT2D eigenvalue weighted by Gasteiger charge is -2.29. The maximum absolute atomic E-state index is 5.68. The van der Waals surface area contributed by atoms with Crippen molar-refractivity contribution in [3.8, 4) is 33.9 Å². The number of imidazole rings is 1. The molecule has 2 unspecified atom stereocenters. The van der Waals surface area contributed by atoms with Crippen molar-refractivity contribution in [2.75, 3.05) is 4.90 Å². The minimum atomic E-state index is 0.0668. The average molecular weight is 680 g/mol. The first kappa shape index (κ1) is 29.7. The van der Waals surface area contributed by atoms with Gasteiger partial charge in [-0.2, -0.15) is 0 Å². The summed E-state index contributed by atoms with van der Waals surface area (Å²) < 4.78 is 4.86. The van der Waals surface area contributed by atoms with Crippen LogP contribution in [0, 0.1) is 0 Å². The lowest BCUT2D eigenvalue weighted by Crippen LogP contribution is -2.28. The predicted octanol–water partition coefficient (Wildman–Crippen LogP) is 11.6. The number of nitrogens with zero attached hydrogens (tertiary/aromatic N) is 5. The zero-order chi connectivity index (χ0) is 34.9. The van der Waals surface area contributed by atoms with E-state index in [9.17, 15) is 0 Å². The number of rotatable bonds is 5. The maximum Gasteiger partial charge on any atom is 0.145 e. The molecule has 4 heterocycles. The maximum atomic E-state index is 5.68. The molecule has 0 saturated carbocycles. The van der Waals surface area contributed by atoms with E-state index in [2.05, 4.69) is 195 Å². The zero-order valence-corrected chi connectivity index (χ0v) is 28.8. The first-order valence-electron chi connectivity index (χ1n) is 18.2. The number of para-hydroxylation sites is 3. The summed E-state index contributed by atoms with van der Waals surface area (Å²) >= 11 is 0. The fraction of sp³-hybridized carbons (Fsp3) is 0.0417. The van der Waals surface area contributed by atoms with Gasteiger partial charge >= 0.3 is 0 Å². The Morgan fingerprint density at radius 2 is 1.11 bits per heavy atom. The second-order valence-electron chi connectivity index (χ2n) is 13.8. The number of hydrogen-bond acceptors (Lipinski definition) is 3. The third kappa shape index (κ3) is 4.44. The van der Waals surface area contributed by atoms with Crippen molar-refractivity contribution in [2.24, 2.45) is 0 Å². The summed E-state index contributed by atoms with van der Waals surface area (Å²) in [6, 6.07) is 54.2. The summed E-state index contributed by atoms with van der Waals surface area (Å²) in [5, 5.41) is 2.36. The summed E-state index contributed by atoms with van der Waals surface area (Å²) in [4.78, 5) is 12.6. The normalized spacial score (nSPS) is 16.1. The highest BCUT2D eigenvalue weighted by atomic mass is 15.2. The largest absolute Gasteiger partial charge is 0.331 e. The van der Waals surface area contributed by atoms with Crippen LogP contribution in [0.15, 0.2) is 188 Å². The van der Waals surface area contributed by atoms with Gasteiger partial charge in [0.2, 0.25) is 0 Å². The molecule has 1 aliphatic heterocycles. The van der Waals surface area contributed by atoms with Crippen LogP contribution < -0.4 is 4.90 Å². The SMILES string of the molecule is C1=CC2c3c(c4c(nc(-c5ccncc5)n4-c4ccccc4)c4c5ccccc5n(-c5ccccc5)c34)N(c3ccc(-c4ccccc4)cc3)C2C=C1. The van der Waals surface area contributed by atoms with Crippen molar-refractivity contribution in [3.05, 3.63) is 194 Å². The number of benzene rings is 6. The van der Waals surface area contributed by atoms with Gasteiger partial charge in [-0.1, -0.05) is 121 Å². The lowest BCUT2D eigenvalue weighted by molar-refractivity contribution is 0.746. The fourth-order valence-electron chi connectivity index (χ4n) is 8.72. The highest BCUT2D eigenvalue weighted by Crippen LogP contribution is 2.56. The van der Waals surface area contributed by atoms with Crippen molar-refractivity contribution in [2.45, 2.75) is 12.0 Å². The van der Waals surface area contributed by atoms with Gasteiger partial charge < -0.3 is 9.47 Å². The molecule has 2 aliphatic rings. The first-order valence-corrected chi connectivity index (χ1v) is 18.2. The number of pyridine rings is 1. The van der Waals surface area contributed by atoms with Crippen molar-refractivity contribution in [3.63, 3.8) is 0 Å². The van der Waals surface area contributed by atoms with Gasteiger partial charge in [-0.25, -0.2) is 4.98 Å². The minimum Gasteiger partial charge on any atom is -0.331 e. The summed E-state index contributed by atoms with van der Waals surface area (Å²) in [5.41, 5.74) is 13.7. The molecule has 0 saturated heterocycles. The average Bonchev–Trinajstić information content (AvgIpc) is 3.91. The lowest BCUT2D eigenvalue weighted by atomic mass is 9.89. The smallest absolute Gasteiger partial charge is 0.145 e. The van der Waals surface area contributed by atoms with E-state index in [4.69, 9.17) is 4.98 Å². The molecule has 250 valence electrons. The summed E-state index contributed by atoms with van der Waals surface area (Å²) in [5.74, 6) is 0.992. The van der Waals surface area contributed by atoms with Gasteiger partial charge in [0, 0.05) is 57.3 Å². The minimum absolute atomic E-state index is 0.0668. The molecule has 3 aromatic heterocycles. The molecular weight excluding hydrogens is 647 g/mol. The molecule has 0 fully saturated rings. The highest BCUT2D eigenvalue weighted by Gasteiger charge is 2.43. The molecule has 0 bridgehead atoms. The van der Waals surface area contributed by atoms with E-state index in [0.29, 0.717) is 0 Å². The Bertz CT molecular complexity index is 2870. The second-order valence-corrected chi connectivity index (χ2v) is 13.8. The summed E-state index contributed by atoms with van der Waals surface area (Å²) in [7, 11) is 0. The molecular formula is C48H33N5. The molecule has 1 aliphatic carbocycles. The Morgan fingerprint density at radius 3 is 1.85 bits per heavy atom. The van der Waals surface area contributed by atoms with Gasteiger partial charge in [-0.3, -0.25) is 9.55 Å². The molecule has 0 N–H and O–H groups in total. The van der Waals surface area contributed by atoms with Crippen LogP contribution in [0.3, 0.4) is 0 Å². The molecule has 0 spiro atoms.